The molecule has 2 heterocycles. The molecule has 22 heavy (non-hydrogen) atoms. The Balaban J connectivity index is 1.99. The molecule has 0 aliphatic carbocycles. The van der Waals surface area contributed by atoms with Crippen LogP contribution in [-0.2, 0) is 10.2 Å². The molecule has 0 radical (unpaired) electrons. The Hall–Kier alpha value is -2.10. The summed E-state index contributed by atoms with van der Waals surface area (Å²) in [6.45, 7) is 7.80. The smallest absolute Gasteiger partial charge is 0.295 e. The van der Waals surface area contributed by atoms with E-state index >= 15 is 0 Å². The first-order valence-corrected chi connectivity index (χ1v) is 7.83. The summed E-state index contributed by atoms with van der Waals surface area (Å²) < 4.78 is 0. The van der Waals surface area contributed by atoms with E-state index in [9.17, 15) is 9.59 Å². The predicted octanol–water partition coefficient (Wildman–Crippen LogP) is 3.27. The number of carbonyl (C=O) groups is 2. The van der Waals surface area contributed by atoms with Crippen molar-refractivity contribution in [1.82, 2.24) is 9.88 Å². The maximum Gasteiger partial charge on any atom is 0.295 e. The molecule has 0 bridgehead atoms. The number of likely N-dealkylation sites (tertiary alicyclic amines) is 1. The van der Waals surface area contributed by atoms with Crippen LogP contribution >= 0.6 is 0 Å². The van der Waals surface area contributed by atoms with Crippen molar-refractivity contribution in [3.63, 3.8) is 0 Å². The molecule has 0 atom stereocenters. The van der Waals surface area contributed by atoms with Gasteiger partial charge < -0.3 is 9.88 Å². The van der Waals surface area contributed by atoms with E-state index < -0.39 is 5.78 Å². The molecule has 1 aromatic carbocycles. The summed E-state index contributed by atoms with van der Waals surface area (Å²) in [6.07, 6.45) is 3.63. The molecule has 1 N–H and O–H groups in total. The first kappa shape index (κ1) is 14.8. The van der Waals surface area contributed by atoms with Crippen LogP contribution in [0.5, 0.6) is 0 Å². The maximum atomic E-state index is 12.6. The van der Waals surface area contributed by atoms with E-state index in [1.807, 2.05) is 12.1 Å². The van der Waals surface area contributed by atoms with Crippen LogP contribution in [0.15, 0.2) is 24.4 Å². The monoisotopic (exact) mass is 298 g/mol. The maximum absolute atomic E-state index is 12.6. The van der Waals surface area contributed by atoms with Crippen molar-refractivity contribution in [2.75, 3.05) is 13.1 Å². The number of aromatic nitrogens is 1. The number of hydrogen-bond acceptors (Lipinski definition) is 2. The number of Topliss-reactive ketones (excluding diaryl/α,β-unsaturated/α-hetero) is 1. The van der Waals surface area contributed by atoms with Gasteiger partial charge in [0.25, 0.3) is 11.7 Å². The minimum Gasteiger partial charge on any atom is -0.360 e. The Morgan fingerprint density at radius 2 is 1.82 bits per heavy atom. The van der Waals surface area contributed by atoms with Gasteiger partial charge in [-0.05, 0) is 36.0 Å². The third-order valence-electron chi connectivity index (χ3n) is 4.38. The minimum atomic E-state index is -0.404. The van der Waals surface area contributed by atoms with Crippen LogP contribution in [0.25, 0.3) is 10.9 Å². The minimum absolute atomic E-state index is 0.00470. The van der Waals surface area contributed by atoms with Crippen molar-refractivity contribution >= 4 is 22.6 Å². The molecule has 1 aliphatic rings. The first-order valence-electron chi connectivity index (χ1n) is 7.83. The summed E-state index contributed by atoms with van der Waals surface area (Å²) in [6, 6.07) is 6.07. The van der Waals surface area contributed by atoms with Gasteiger partial charge in [0.05, 0.1) is 5.56 Å². The second-order valence-corrected chi connectivity index (χ2v) is 7.04. The molecule has 2 aromatic rings. The summed E-state index contributed by atoms with van der Waals surface area (Å²) in [5.74, 6) is -0.779. The van der Waals surface area contributed by atoms with E-state index in [0.29, 0.717) is 18.7 Å². The third kappa shape index (κ3) is 2.54. The predicted molar refractivity (Wildman–Crippen MR) is 87.1 cm³/mol. The van der Waals surface area contributed by atoms with Crippen molar-refractivity contribution < 1.29 is 9.59 Å². The van der Waals surface area contributed by atoms with Crippen molar-refractivity contribution in [3.05, 3.63) is 35.5 Å². The average molecular weight is 298 g/mol. The van der Waals surface area contributed by atoms with Gasteiger partial charge >= 0.3 is 0 Å². The zero-order valence-corrected chi connectivity index (χ0v) is 13.4. The molecule has 1 saturated heterocycles. The highest BCUT2D eigenvalue weighted by molar-refractivity contribution is 6.44. The van der Waals surface area contributed by atoms with E-state index in [1.54, 1.807) is 11.1 Å². The molecule has 1 amide bonds. The summed E-state index contributed by atoms with van der Waals surface area (Å²) >= 11 is 0. The van der Waals surface area contributed by atoms with Crippen LogP contribution in [0, 0.1) is 0 Å². The fourth-order valence-corrected chi connectivity index (χ4v) is 2.95. The number of H-pyrrole nitrogens is 1. The van der Waals surface area contributed by atoms with Gasteiger partial charge in [0, 0.05) is 30.2 Å². The van der Waals surface area contributed by atoms with E-state index in [4.69, 9.17) is 0 Å². The highest BCUT2D eigenvalue weighted by Gasteiger charge is 2.27. The lowest BCUT2D eigenvalue weighted by molar-refractivity contribution is -0.125. The van der Waals surface area contributed by atoms with Crippen LogP contribution in [-0.4, -0.2) is 34.7 Å². The number of rotatable bonds is 2. The normalized spacial score (nSPS) is 15.5. The van der Waals surface area contributed by atoms with Gasteiger partial charge in [-0.2, -0.15) is 0 Å². The zero-order valence-electron chi connectivity index (χ0n) is 13.4. The zero-order chi connectivity index (χ0) is 15.9. The van der Waals surface area contributed by atoms with Crippen LogP contribution in [0.1, 0.15) is 49.5 Å². The van der Waals surface area contributed by atoms with Crippen LogP contribution in [0.3, 0.4) is 0 Å². The summed E-state index contributed by atoms with van der Waals surface area (Å²) in [5, 5.41) is 0.838. The van der Waals surface area contributed by atoms with Gasteiger partial charge in [0.15, 0.2) is 0 Å². The highest BCUT2D eigenvalue weighted by atomic mass is 16.2. The number of nitrogens with zero attached hydrogens (tertiary/aromatic N) is 1. The Morgan fingerprint density at radius 1 is 1.14 bits per heavy atom. The largest absolute Gasteiger partial charge is 0.360 e. The Bertz CT molecular complexity index is 731. The second-order valence-electron chi connectivity index (χ2n) is 7.04. The standard InChI is InChI=1S/C18H22N2O2/c1-18(2,3)12-6-7-15-13(10-12)14(11-19-15)16(21)17(22)20-8-4-5-9-20/h6-7,10-11,19H,4-5,8-9H2,1-3H3. The van der Waals surface area contributed by atoms with Crippen LogP contribution in [0.4, 0.5) is 0 Å². The lowest BCUT2D eigenvalue weighted by Gasteiger charge is -2.19. The second kappa shape index (κ2) is 5.27. The van der Waals surface area contributed by atoms with Crippen molar-refractivity contribution in [2.24, 2.45) is 0 Å². The molecule has 1 aliphatic heterocycles. The topological polar surface area (TPSA) is 53.2 Å². The highest BCUT2D eigenvalue weighted by Crippen LogP contribution is 2.28. The van der Waals surface area contributed by atoms with Gasteiger partial charge in [0.2, 0.25) is 0 Å². The number of hydrogen-bond donors (Lipinski definition) is 1. The van der Waals surface area contributed by atoms with E-state index in [1.165, 1.54) is 0 Å². The third-order valence-corrected chi connectivity index (χ3v) is 4.38. The molecule has 0 unspecified atom stereocenters. The lowest BCUT2D eigenvalue weighted by atomic mass is 9.86. The molecule has 1 fully saturated rings. The molecule has 0 spiro atoms. The SMILES string of the molecule is CC(C)(C)c1ccc2[nH]cc(C(=O)C(=O)N3CCCC3)c2c1. The lowest BCUT2D eigenvalue weighted by Crippen LogP contribution is -2.34. The summed E-state index contributed by atoms with van der Waals surface area (Å²) in [4.78, 5) is 29.7. The average Bonchev–Trinajstić information content (AvgIpc) is 3.13. The Labute approximate surface area is 130 Å². The Kier molecular flexibility index (Phi) is 3.55. The number of amides is 1. The molecule has 1 aromatic heterocycles. The molecular weight excluding hydrogens is 276 g/mol. The molecule has 4 nitrogen and oxygen atoms in total. The molecule has 4 heteroatoms. The van der Waals surface area contributed by atoms with Crippen molar-refractivity contribution in [3.8, 4) is 0 Å². The van der Waals surface area contributed by atoms with Gasteiger partial charge in [-0.15, -0.1) is 0 Å². The number of carbonyl (C=O) groups excluding carboxylic acids is 2. The van der Waals surface area contributed by atoms with Crippen LogP contribution in [0.2, 0.25) is 0 Å². The first-order chi connectivity index (χ1) is 10.4. The number of aromatic amines is 1. The van der Waals surface area contributed by atoms with Crippen molar-refractivity contribution in [2.45, 2.75) is 39.0 Å². The number of fused-ring (bicyclic) bond motifs is 1. The summed E-state index contributed by atoms with van der Waals surface area (Å²) in [5.41, 5.74) is 2.54. The molecule has 116 valence electrons. The fraction of sp³-hybridized carbons (Fsp3) is 0.444. The van der Waals surface area contributed by atoms with Gasteiger partial charge in [-0.25, -0.2) is 0 Å². The number of nitrogens with one attached hydrogen (secondary N) is 1. The van der Waals surface area contributed by atoms with E-state index in [2.05, 4.69) is 31.8 Å². The van der Waals surface area contributed by atoms with Crippen molar-refractivity contribution in [1.29, 1.82) is 0 Å². The van der Waals surface area contributed by atoms with E-state index in [-0.39, 0.29) is 11.3 Å². The Morgan fingerprint density at radius 3 is 2.45 bits per heavy atom. The van der Waals surface area contributed by atoms with E-state index in [0.717, 1.165) is 29.3 Å². The molecular formula is C18H22N2O2. The summed E-state index contributed by atoms with van der Waals surface area (Å²) in [7, 11) is 0. The quantitative estimate of drug-likeness (QED) is 0.683. The van der Waals surface area contributed by atoms with Crippen LogP contribution < -0.4 is 0 Å². The number of ketones is 1. The number of benzene rings is 1. The fourth-order valence-electron chi connectivity index (χ4n) is 2.95. The molecule has 3 rings (SSSR count). The molecule has 0 saturated carbocycles. The van der Waals surface area contributed by atoms with Gasteiger partial charge in [0.1, 0.15) is 0 Å². The van der Waals surface area contributed by atoms with Gasteiger partial charge in [-0.3, -0.25) is 9.59 Å². The van der Waals surface area contributed by atoms with Gasteiger partial charge in [-0.1, -0.05) is 26.8 Å².